The number of nitrogens with one attached hydrogen (secondary N) is 1. The first-order valence-electron chi connectivity index (χ1n) is 9.41. The first-order valence-corrected chi connectivity index (χ1v) is 9.41. The largest absolute Gasteiger partial charge is 0.339 e. The lowest BCUT2D eigenvalue weighted by Gasteiger charge is -2.21. The molecule has 0 heterocycles. The topological polar surface area (TPSA) is 136 Å². The number of nitrogens with zero attached hydrogens (tertiary/aromatic N) is 3. The van der Waals surface area contributed by atoms with Gasteiger partial charge < -0.3 is 10.2 Å². The lowest BCUT2D eigenvalue weighted by atomic mass is 10.1. The van der Waals surface area contributed by atoms with Crippen molar-refractivity contribution in [3.8, 4) is 0 Å². The molecule has 0 unspecified atom stereocenters. The summed E-state index contributed by atoms with van der Waals surface area (Å²) in [5, 5.41) is 24.5. The number of nitro benzene ring substituents is 2. The van der Waals surface area contributed by atoms with Crippen LogP contribution >= 0.6 is 0 Å². The molecular weight excluding hydrogens is 392 g/mol. The molecule has 0 saturated carbocycles. The van der Waals surface area contributed by atoms with Crippen molar-refractivity contribution in [2.75, 3.05) is 18.4 Å². The van der Waals surface area contributed by atoms with E-state index < -0.39 is 27.1 Å². The van der Waals surface area contributed by atoms with E-state index in [1.165, 1.54) is 6.07 Å². The zero-order valence-electron chi connectivity index (χ0n) is 16.7. The summed E-state index contributed by atoms with van der Waals surface area (Å²) in [6.07, 6.45) is 1.63. The molecule has 0 spiro atoms. The van der Waals surface area contributed by atoms with E-state index in [-0.39, 0.29) is 11.5 Å². The molecule has 0 bridgehead atoms. The number of anilines is 1. The molecular formula is C20H22N4O6. The average molecular weight is 414 g/mol. The number of non-ortho nitro benzene ring substituents is 2. The van der Waals surface area contributed by atoms with Gasteiger partial charge in [-0.3, -0.25) is 29.8 Å². The number of hydrogen-bond donors (Lipinski definition) is 1. The van der Waals surface area contributed by atoms with Gasteiger partial charge in [0, 0.05) is 36.5 Å². The Morgan fingerprint density at radius 2 is 1.47 bits per heavy atom. The van der Waals surface area contributed by atoms with Crippen LogP contribution in [0, 0.1) is 20.2 Å². The SMILES string of the molecule is CCCN(CCC)C(=O)c1cccc(NC(=O)c2cc([N+](=O)[O-])cc([N+](=O)[O-])c2)c1. The van der Waals surface area contributed by atoms with Crippen molar-refractivity contribution >= 4 is 28.9 Å². The molecule has 158 valence electrons. The number of carbonyl (C=O) groups is 2. The van der Waals surface area contributed by atoms with Crippen LogP contribution in [-0.4, -0.2) is 39.7 Å². The Hall–Kier alpha value is -3.82. The maximum atomic E-state index is 12.7. The molecule has 0 aliphatic heterocycles. The Morgan fingerprint density at radius 1 is 0.900 bits per heavy atom. The van der Waals surface area contributed by atoms with Gasteiger partial charge in [-0.25, -0.2) is 0 Å². The molecule has 2 aromatic carbocycles. The van der Waals surface area contributed by atoms with Gasteiger partial charge in [0.2, 0.25) is 0 Å². The number of carbonyl (C=O) groups excluding carboxylic acids is 2. The molecule has 0 fully saturated rings. The van der Waals surface area contributed by atoms with E-state index in [2.05, 4.69) is 5.32 Å². The van der Waals surface area contributed by atoms with Crippen LogP contribution in [-0.2, 0) is 0 Å². The number of benzene rings is 2. The van der Waals surface area contributed by atoms with Crippen molar-refractivity contribution in [2.24, 2.45) is 0 Å². The predicted molar refractivity (Wildman–Crippen MR) is 111 cm³/mol. The number of amides is 2. The van der Waals surface area contributed by atoms with E-state index in [4.69, 9.17) is 0 Å². The van der Waals surface area contributed by atoms with Crippen molar-refractivity contribution in [3.63, 3.8) is 0 Å². The van der Waals surface area contributed by atoms with Crippen LogP contribution in [0.3, 0.4) is 0 Å². The predicted octanol–water partition coefficient (Wildman–Crippen LogP) is 4.02. The van der Waals surface area contributed by atoms with Gasteiger partial charge >= 0.3 is 0 Å². The van der Waals surface area contributed by atoms with Gasteiger partial charge in [0.05, 0.1) is 21.5 Å². The maximum Gasteiger partial charge on any atom is 0.277 e. The van der Waals surface area contributed by atoms with Gasteiger partial charge in [-0.2, -0.15) is 0 Å². The minimum atomic E-state index is -0.806. The number of hydrogen-bond acceptors (Lipinski definition) is 6. The van der Waals surface area contributed by atoms with Crippen LogP contribution in [0.2, 0.25) is 0 Å². The molecule has 0 aromatic heterocycles. The van der Waals surface area contributed by atoms with Crippen molar-refractivity contribution in [3.05, 3.63) is 73.8 Å². The first-order chi connectivity index (χ1) is 14.3. The van der Waals surface area contributed by atoms with Gasteiger partial charge in [0.15, 0.2) is 0 Å². The summed E-state index contributed by atoms with van der Waals surface area (Å²) < 4.78 is 0. The fraction of sp³-hybridized carbons (Fsp3) is 0.300. The lowest BCUT2D eigenvalue weighted by Crippen LogP contribution is -2.32. The molecule has 0 atom stereocenters. The molecule has 0 radical (unpaired) electrons. The van der Waals surface area contributed by atoms with Gasteiger partial charge in [-0.15, -0.1) is 0 Å². The second-order valence-electron chi connectivity index (χ2n) is 6.58. The fourth-order valence-electron chi connectivity index (χ4n) is 2.91. The quantitative estimate of drug-likeness (QED) is 0.486. The fourth-order valence-corrected chi connectivity index (χ4v) is 2.91. The minimum Gasteiger partial charge on any atom is -0.339 e. The monoisotopic (exact) mass is 414 g/mol. The van der Waals surface area contributed by atoms with E-state index in [9.17, 15) is 29.8 Å². The van der Waals surface area contributed by atoms with Crippen LogP contribution in [0.5, 0.6) is 0 Å². The zero-order valence-corrected chi connectivity index (χ0v) is 16.7. The van der Waals surface area contributed by atoms with Crippen molar-refractivity contribution in [2.45, 2.75) is 26.7 Å². The highest BCUT2D eigenvalue weighted by molar-refractivity contribution is 6.06. The molecule has 10 heteroatoms. The second kappa shape index (κ2) is 10.1. The van der Waals surface area contributed by atoms with E-state index in [1.54, 1.807) is 23.1 Å². The zero-order chi connectivity index (χ0) is 22.3. The average Bonchev–Trinajstić information content (AvgIpc) is 2.72. The smallest absolute Gasteiger partial charge is 0.277 e. The summed E-state index contributed by atoms with van der Waals surface area (Å²) in [6, 6.07) is 9.01. The molecule has 2 rings (SSSR count). The number of nitro groups is 2. The van der Waals surface area contributed by atoms with Crippen molar-refractivity contribution in [1.82, 2.24) is 4.90 Å². The normalized spacial score (nSPS) is 10.3. The first kappa shape index (κ1) is 22.5. The van der Waals surface area contributed by atoms with Crippen LogP contribution < -0.4 is 5.32 Å². The summed E-state index contributed by atoms with van der Waals surface area (Å²) in [5.74, 6) is -0.925. The third-order valence-corrected chi connectivity index (χ3v) is 4.23. The van der Waals surface area contributed by atoms with Crippen LogP contribution in [0.15, 0.2) is 42.5 Å². The van der Waals surface area contributed by atoms with E-state index >= 15 is 0 Å². The summed E-state index contributed by atoms with van der Waals surface area (Å²) >= 11 is 0. The summed E-state index contributed by atoms with van der Waals surface area (Å²) in [5.41, 5.74) is -0.667. The van der Waals surface area contributed by atoms with Gasteiger partial charge in [0.25, 0.3) is 23.2 Å². The highest BCUT2D eigenvalue weighted by Crippen LogP contribution is 2.24. The third kappa shape index (κ3) is 5.60. The third-order valence-electron chi connectivity index (χ3n) is 4.23. The maximum absolute atomic E-state index is 12.7. The van der Waals surface area contributed by atoms with Gasteiger partial charge in [-0.1, -0.05) is 19.9 Å². The van der Waals surface area contributed by atoms with E-state index in [0.29, 0.717) is 24.3 Å². The van der Waals surface area contributed by atoms with Crippen molar-refractivity contribution < 1.29 is 19.4 Å². The van der Waals surface area contributed by atoms with E-state index in [0.717, 1.165) is 31.0 Å². The second-order valence-corrected chi connectivity index (χ2v) is 6.58. The van der Waals surface area contributed by atoms with E-state index in [1.807, 2.05) is 13.8 Å². The lowest BCUT2D eigenvalue weighted by molar-refractivity contribution is -0.394. The van der Waals surface area contributed by atoms with Crippen LogP contribution in [0.4, 0.5) is 17.1 Å². The number of rotatable bonds is 9. The Balaban J connectivity index is 2.28. The summed E-state index contributed by atoms with van der Waals surface area (Å²) in [7, 11) is 0. The van der Waals surface area contributed by atoms with Crippen LogP contribution in [0.1, 0.15) is 47.4 Å². The highest BCUT2D eigenvalue weighted by Gasteiger charge is 2.20. The van der Waals surface area contributed by atoms with Gasteiger partial charge in [-0.05, 0) is 31.0 Å². The standard InChI is InChI=1S/C20H22N4O6/c1-3-8-22(9-4-2)20(26)14-6-5-7-16(10-14)21-19(25)15-11-17(23(27)28)13-18(12-15)24(29)30/h5-7,10-13H,3-4,8-9H2,1-2H3,(H,21,25). The molecule has 10 nitrogen and oxygen atoms in total. The molecule has 2 aromatic rings. The molecule has 0 aliphatic carbocycles. The molecule has 30 heavy (non-hydrogen) atoms. The van der Waals surface area contributed by atoms with Crippen molar-refractivity contribution in [1.29, 1.82) is 0 Å². The Labute approximate surface area is 172 Å². The Morgan fingerprint density at radius 3 is 1.97 bits per heavy atom. The summed E-state index contributed by atoms with van der Waals surface area (Å²) in [4.78, 5) is 47.4. The highest BCUT2D eigenvalue weighted by atomic mass is 16.6. The van der Waals surface area contributed by atoms with Crippen LogP contribution in [0.25, 0.3) is 0 Å². The molecule has 0 saturated heterocycles. The van der Waals surface area contributed by atoms with Gasteiger partial charge in [0.1, 0.15) is 0 Å². The molecule has 0 aliphatic rings. The Bertz CT molecular complexity index is 937. The molecule has 1 N–H and O–H groups in total. The summed E-state index contributed by atoms with van der Waals surface area (Å²) in [6.45, 7) is 5.18. The Kier molecular flexibility index (Phi) is 7.56. The minimum absolute atomic E-state index is 0.166. The molecule has 2 amide bonds.